The molecule has 2 aliphatic rings. The number of ether oxygens (including phenoxy) is 2. The highest BCUT2D eigenvalue weighted by Crippen LogP contribution is 2.37. The minimum Gasteiger partial charge on any atom is -0.454 e. The van der Waals surface area contributed by atoms with Crippen molar-refractivity contribution < 1.29 is 18.8 Å². The summed E-state index contributed by atoms with van der Waals surface area (Å²) in [5.41, 5.74) is 0.306. The van der Waals surface area contributed by atoms with Crippen molar-refractivity contribution in [3.63, 3.8) is 0 Å². The first-order valence-electron chi connectivity index (χ1n) is 6.14. The molecule has 1 aromatic carbocycles. The van der Waals surface area contributed by atoms with Crippen molar-refractivity contribution >= 4 is 12.6 Å². The summed E-state index contributed by atoms with van der Waals surface area (Å²) < 4.78 is 22.6. The van der Waals surface area contributed by atoms with E-state index in [9.17, 15) is 0 Å². The van der Waals surface area contributed by atoms with Crippen LogP contribution in [0.4, 0.5) is 0 Å². The molecule has 3 rings (SSSR count). The summed E-state index contributed by atoms with van der Waals surface area (Å²) in [5, 5.41) is 0. The van der Waals surface area contributed by atoms with Gasteiger partial charge in [-0.2, -0.15) is 0 Å². The lowest BCUT2D eigenvalue weighted by Gasteiger charge is -2.32. The molecule has 0 saturated carbocycles. The van der Waals surface area contributed by atoms with Crippen LogP contribution >= 0.6 is 0 Å². The van der Waals surface area contributed by atoms with E-state index >= 15 is 0 Å². The summed E-state index contributed by atoms with van der Waals surface area (Å²) in [6.07, 6.45) is 0. The molecule has 0 spiro atoms. The fourth-order valence-corrected chi connectivity index (χ4v) is 2.04. The number of hydrogen-bond donors (Lipinski definition) is 0. The zero-order valence-electron chi connectivity index (χ0n) is 11.1. The van der Waals surface area contributed by atoms with Gasteiger partial charge in [-0.1, -0.05) is 6.07 Å². The molecule has 0 aromatic heterocycles. The smallest absolute Gasteiger partial charge is 0.454 e. The summed E-state index contributed by atoms with van der Waals surface area (Å²) in [4.78, 5) is 0. The van der Waals surface area contributed by atoms with E-state index in [2.05, 4.69) is 0 Å². The van der Waals surface area contributed by atoms with Gasteiger partial charge in [0.25, 0.3) is 0 Å². The molecule has 4 nitrogen and oxygen atoms in total. The molecule has 0 N–H and O–H groups in total. The van der Waals surface area contributed by atoms with Crippen LogP contribution in [0.15, 0.2) is 18.2 Å². The quantitative estimate of drug-likeness (QED) is 0.709. The van der Waals surface area contributed by atoms with Crippen LogP contribution in [0.3, 0.4) is 0 Å². The van der Waals surface area contributed by atoms with E-state index in [1.54, 1.807) is 0 Å². The first kappa shape index (κ1) is 11.9. The Kier molecular flexibility index (Phi) is 2.41. The Bertz CT molecular complexity index is 468. The van der Waals surface area contributed by atoms with Crippen molar-refractivity contribution in [1.82, 2.24) is 0 Å². The second kappa shape index (κ2) is 3.65. The highest BCUT2D eigenvalue weighted by molar-refractivity contribution is 6.62. The Morgan fingerprint density at radius 3 is 2.22 bits per heavy atom. The zero-order valence-corrected chi connectivity index (χ0v) is 11.1. The fourth-order valence-electron chi connectivity index (χ4n) is 2.04. The Morgan fingerprint density at radius 2 is 1.56 bits per heavy atom. The van der Waals surface area contributed by atoms with Gasteiger partial charge in [0.05, 0.1) is 11.2 Å². The maximum absolute atomic E-state index is 5.99. The van der Waals surface area contributed by atoms with Gasteiger partial charge in [0.2, 0.25) is 6.79 Å². The molecule has 1 saturated heterocycles. The van der Waals surface area contributed by atoms with Crippen LogP contribution in [0, 0.1) is 0 Å². The number of hydrogen-bond acceptors (Lipinski definition) is 4. The predicted octanol–water partition coefficient (Wildman–Crippen LogP) is 1.71. The minimum absolute atomic E-state index is 0.280. The molecule has 2 heterocycles. The molecule has 0 bridgehead atoms. The lowest BCUT2D eigenvalue weighted by molar-refractivity contribution is 0.00578. The van der Waals surface area contributed by atoms with E-state index in [4.69, 9.17) is 18.8 Å². The molecule has 0 unspecified atom stereocenters. The van der Waals surface area contributed by atoms with Crippen LogP contribution in [0.1, 0.15) is 27.7 Å². The summed E-state index contributed by atoms with van der Waals surface area (Å²) >= 11 is 0. The van der Waals surface area contributed by atoms with Crippen molar-refractivity contribution in [2.45, 2.75) is 38.9 Å². The zero-order chi connectivity index (χ0) is 13.0. The summed E-state index contributed by atoms with van der Waals surface area (Å²) in [6.45, 7) is 8.45. The van der Waals surface area contributed by atoms with Crippen LogP contribution < -0.4 is 14.9 Å². The Morgan fingerprint density at radius 1 is 0.944 bits per heavy atom. The standard InChI is InChI=1S/C13H17BO4/c1-12(2)13(3,4)18-14(17-12)9-5-6-10-11(7-9)16-8-15-10/h5-7H,8H2,1-4H3. The van der Waals surface area contributed by atoms with Crippen molar-refractivity contribution in [2.75, 3.05) is 6.79 Å². The van der Waals surface area contributed by atoms with Crippen molar-refractivity contribution in [3.05, 3.63) is 18.2 Å². The van der Waals surface area contributed by atoms with E-state index in [1.807, 2.05) is 45.9 Å². The first-order valence-corrected chi connectivity index (χ1v) is 6.14. The van der Waals surface area contributed by atoms with Gasteiger partial charge in [-0.3, -0.25) is 0 Å². The summed E-state index contributed by atoms with van der Waals surface area (Å²) in [6, 6.07) is 5.77. The van der Waals surface area contributed by atoms with Crippen LogP contribution in [0.5, 0.6) is 11.5 Å². The average Bonchev–Trinajstić information content (AvgIpc) is 2.80. The van der Waals surface area contributed by atoms with Gasteiger partial charge in [0.1, 0.15) is 0 Å². The minimum atomic E-state index is -0.357. The highest BCUT2D eigenvalue weighted by atomic mass is 16.7. The molecule has 5 heteroatoms. The van der Waals surface area contributed by atoms with E-state index in [0.717, 1.165) is 17.0 Å². The third-order valence-corrected chi connectivity index (χ3v) is 3.92. The Balaban J connectivity index is 1.89. The molecule has 0 aliphatic carbocycles. The lowest BCUT2D eigenvalue weighted by atomic mass is 9.79. The van der Waals surface area contributed by atoms with Crippen LogP contribution in [-0.4, -0.2) is 25.1 Å². The largest absolute Gasteiger partial charge is 0.494 e. The van der Waals surface area contributed by atoms with E-state index < -0.39 is 0 Å². The van der Waals surface area contributed by atoms with Gasteiger partial charge < -0.3 is 18.8 Å². The van der Waals surface area contributed by atoms with Gasteiger partial charge in [-0.25, -0.2) is 0 Å². The molecule has 0 amide bonds. The number of rotatable bonds is 1. The van der Waals surface area contributed by atoms with Gasteiger partial charge >= 0.3 is 7.12 Å². The predicted molar refractivity (Wildman–Crippen MR) is 68.3 cm³/mol. The Labute approximate surface area is 107 Å². The molecule has 0 atom stereocenters. The molecule has 96 valence electrons. The van der Waals surface area contributed by atoms with Gasteiger partial charge in [0.15, 0.2) is 11.5 Å². The van der Waals surface area contributed by atoms with E-state index in [0.29, 0.717) is 0 Å². The SMILES string of the molecule is CC1(C)OB(c2ccc3c(c2)OCO3)OC1(C)C. The van der Waals surface area contributed by atoms with Crippen molar-refractivity contribution in [2.24, 2.45) is 0 Å². The third-order valence-electron chi connectivity index (χ3n) is 3.92. The molecular formula is C13H17BO4. The first-order chi connectivity index (χ1) is 8.39. The van der Waals surface area contributed by atoms with Gasteiger partial charge in [-0.05, 0) is 45.3 Å². The molecule has 1 aromatic rings. The van der Waals surface area contributed by atoms with Crippen LogP contribution in [-0.2, 0) is 9.31 Å². The molecule has 2 aliphatic heterocycles. The second-order valence-electron chi connectivity index (χ2n) is 5.70. The lowest BCUT2D eigenvalue weighted by Crippen LogP contribution is -2.41. The average molecular weight is 248 g/mol. The van der Waals surface area contributed by atoms with E-state index in [-0.39, 0.29) is 25.1 Å². The third kappa shape index (κ3) is 1.69. The van der Waals surface area contributed by atoms with Crippen LogP contribution in [0.2, 0.25) is 0 Å². The summed E-state index contributed by atoms with van der Waals surface area (Å²) in [7, 11) is -0.357. The van der Waals surface area contributed by atoms with Gasteiger partial charge in [0, 0.05) is 0 Å². The van der Waals surface area contributed by atoms with E-state index in [1.165, 1.54) is 0 Å². The molecule has 1 fully saturated rings. The fraction of sp³-hybridized carbons (Fsp3) is 0.538. The van der Waals surface area contributed by atoms with Crippen LogP contribution in [0.25, 0.3) is 0 Å². The monoisotopic (exact) mass is 248 g/mol. The number of benzene rings is 1. The molecule has 18 heavy (non-hydrogen) atoms. The van der Waals surface area contributed by atoms with Crippen molar-refractivity contribution in [1.29, 1.82) is 0 Å². The number of fused-ring (bicyclic) bond motifs is 1. The highest BCUT2D eigenvalue weighted by Gasteiger charge is 2.51. The van der Waals surface area contributed by atoms with Gasteiger partial charge in [-0.15, -0.1) is 0 Å². The topological polar surface area (TPSA) is 36.9 Å². The maximum Gasteiger partial charge on any atom is 0.494 e. The normalized spacial score (nSPS) is 23.4. The molecular weight excluding hydrogens is 231 g/mol. The van der Waals surface area contributed by atoms with Crippen molar-refractivity contribution in [3.8, 4) is 11.5 Å². The Hall–Kier alpha value is -1.20. The maximum atomic E-state index is 5.99. The summed E-state index contributed by atoms with van der Waals surface area (Å²) in [5.74, 6) is 1.53. The molecule has 0 radical (unpaired) electrons. The second-order valence-corrected chi connectivity index (χ2v) is 5.70.